The van der Waals surface area contributed by atoms with Crippen LogP contribution < -0.4 is 9.47 Å². The van der Waals surface area contributed by atoms with Gasteiger partial charge < -0.3 is 19.3 Å². The minimum absolute atomic E-state index is 0.388. The molecule has 0 aromatic heterocycles. The van der Waals surface area contributed by atoms with Gasteiger partial charge in [-0.15, -0.1) is 0 Å². The molecule has 1 fully saturated rings. The molecule has 0 bridgehead atoms. The predicted octanol–water partition coefficient (Wildman–Crippen LogP) is 1.85. The van der Waals surface area contributed by atoms with E-state index in [4.69, 9.17) is 14.2 Å². The summed E-state index contributed by atoms with van der Waals surface area (Å²) in [5.41, 5.74) is 0.406. The van der Waals surface area contributed by atoms with E-state index in [1.165, 1.54) is 0 Å². The Kier molecular flexibility index (Phi) is 5.08. The van der Waals surface area contributed by atoms with Gasteiger partial charge in [-0.1, -0.05) is 0 Å². The predicted molar refractivity (Wildman–Crippen MR) is 81.0 cm³/mol. The molecule has 1 atom stereocenters. The minimum atomic E-state index is -0.639. The van der Waals surface area contributed by atoms with E-state index >= 15 is 0 Å². The molecule has 5 heteroatoms. The van der Waals surface area contributed by atoms with Crippen LogP contribution in [0.2, 0.25) is 0 Å². The number of ether oxygens (including phenoxy) is 3. The molecular formula is C16H25NO4. The van der Waals surface area contributed by atoms with Crippen molar-refractivity contribution in [3.63, 3.8) is 0 Å². The lowest BCUT2D eigenvalue weighted by Crippen LogP contribution is -2.53. The molecular weight excluding hydrogens is 270 g/mol. The van der Waals surface area contributed by atoms with E-state index < -0.39 is 6.10 Å². The highest BCUT2D eigenvalue weighted by atomic mass is 16.5. The molecule has 1 aliphatic heterocycles. The van der Waals surface area contributed by atoms with Crippen molar-refractivity contribution in [1.82, 2.24) is 4.90 Å². The summed E-state index contributed by atoms with van der Waals surface area (Å²) in [5.74, 6) is 1.36. The van der Waals surface area contributed by atoms with Crippen LogP contribution >= 0.6 is 0 Å². The normalized spacial score (nSPS) is 18.3. The lowest BCUT2D eigenvalue weighted by atomic mass is 9.89. The van der Waals surface area contributed by atoms with Crippen LogP contribution in [0.5, 0.6) is 11.5 Å². The van der Waals surface area contributed by atoms with Gasteiger partial charge in [-0.2, -0.15) is 0 Å². The summed E-state index contributed by atoms with van der Waals surface area (Å²) in [7, 11) is 3.22. The molecule has 118 valence electrons. The Bertz CT molecular complexity index is 447. The van der Waals surface area contributed by atoms with Gasteiger partial charge in [0.15, 0.2) is 0 Å². The Morgan fingerprint density at radius 2 is 1.62 bits per heavy atom. The Hall–Kier alpha value is -1.30. The molecule has 1 aromatic rings. The number of hydrogen-bond acceptors (Lipinski definition) is 5. The van der Waals surface area contributed by atoms with Crippen molar-refractivity contribution >= 4 is 0 Å². The molecule has 0 radical (unpaired) electrons. The number of morpholine rings is 1. The molecule has 1 unspecified atom stereocenters. The van der Waals surface area contributed by atoms with Crippen molar-refractivity contribution in [2.75, 3.05) is 40.5 Å². The van der Waals surface area contributed by atoms with Crippen LogP contribution in [0.3, 0.4) is 0 Å². The first-order valence-electron chi connectivity index (χ1n) is 7.23. The Morgan fingerprint density at radius 3 is 2.10 bits per heavy atom. The fraction of sp³-hybridized carbons (Fsp3) is 0.625. The Morgan fingerprint density at radius 1 is 1.10 bits per heavy atom. The van der Waals surface area contributed by atoms with Crippen LogP contribution in [0.1, 0.15) is 25.5 Å². The summed E-state index contributed by atoms with van der Waals surface area (Å²) in [6.45, 7) is 7.16. The molecule has 1 N–H and O–H groups in total. The molecule has 21 heavy (non-hydrogen) atoms. The van der Waals surface area contributed by atoms with Crippen molar-refractivity contribution in [2.24, 2.45) is 0 Å². The van der Waals surface area contributed by atoms with E-state index in [2.05, 4.69) is 18.7 Å². The van der Waals surface area contributed by atoms with E-state index in [0.29, 0.717) is 24.7 Å². The summed E-state index contributed by atoms with van der Waals surface area (Å²) in [6, 6.07) is 5.52. The summed E-state index contributed by atoms with van der Waals surface area (Å²) in [5, 5.41) is 10.8. The van der Waals surface area contributed by atoms with E-state index in [1.807, 2.05) is 12.1 Å². The average Bonchev–Trinajstić information content (AvgIpc) is 2.54. The highest BCUT2D eigenvalue weighted by Crippen LogP contribution is 2.35. The maximum absolute atomic E-state index is 10.8. The summed E-state index contributed by atoms with van der Waals surface area (Å²) in [6.07, 6.45) is -0.639. The van der Waals surface area contributed by atoms with Gasteiger partial charge in [-0.3, -0.25) is 4.90 Å². The standard InChI is InChI=1S/C16H25NO4/c1-16(2,17-5-7-21-8-6-17)15(18)12-9-13(19-3)11-14(10-12)20-4/h9-11,15,18H,5-8H2,1-4H3. The van der Waals surface area contributed by atoms with E-state index in [0.717, 1.165) is 18.7 Å². The van der Waals surface area contributed by atoms with Crippen LogP contribution in [-0.4, -0.2) is 56.1 Å². The van der Waals surface area contributed by atoms with E-state index in [9.17, 15) is 5.11 Å². The van der Waals surface area contributed by atoms with Crippen molar-refractivity contribution < 1.29 is 19.3 Å². The first-order chi connectivity index (χ1) is 9.98. The molecule has 5 nitrogen and oxygen atoms in total. The monoisotopic (exact) mass is 295 g/mol. The van der Waals surface area contributed by atoms with E-state index in [1.54, 1.807) is 20.3 Å². The second-order valence-electron chi connectivity index (χ2n) is 5.80. The zero-order chi connectivity index (χ0) is 15.5. The first kappa shape index (κ1) is 16.1. The summed E-state index contributed by atoms with van der Waals surface area (Å²) in [4.78, 5) is 2.26. The first-order valence-corrected chi connectivity index (χ1v) is 7.23. The molecule has 0 aliphatic carbocycles. The topological polar surface area (TPSA) is 51.2 Å². The maximum Gasteiger partial charge on any atom is 0.122 e. The van der Waals surface area contributed by atoms with Gasteiger partial charge in [0, 0.05) is 24.7 Å². The zero-order valence-electron chi connectivity index (χ0n) is 13.3. The van der Waals surface area contributed by atoms with Crippen LogP contribution in [0.4, 0.5) is 0 Å². The van der Waals surface area contributed by atoms with Crippen molar-refractivity contribution in [2.45, 2.75) is 25.5 Å². The zero-order valence-corrected chi connectivity index (χ0v) is 13.3. The number of nitrogens with zero attached hydrogens (tertiary/aromatic N) is 1. The van der Waals surface area contributed by atoms with Crippen LogP contribution in [0.25, 0.3) is 0 Å². The Balaban J connectivity index is 2.26. The number of aliphatic hydroxyl groups is 1. The highest BCUT2D eigenvalue weighted by Gasteiger charge is 2.36. The minimum Gasteiger partial charge on any atom is -0.497 e. The smallest absolute Gasteiger partial charge is 0.122 e. The summed E-state index contributed by atoms with van der Waals surface area (Å²) < 4.78 is 16.0. The molecule has 1 aromatic carbocycles. The second kappa shape index (κ2) is 6.64. The quantitative estimate of drug-likeness (QED) is 0.898. The van der Waals surface area contributed by atoms with Crippen molar-refractivity contribution in [3.05, 3.63) is 23.8 Å². The average molecular weight is 295 g/mol. The molecule has 0 amide bonds. The van der Waals surface area contributed by atoms with Gasteiger partial charge in [0.2, 0.25) is 0 Å². The third kappa shape index (κ3) is 3.48. The molecule has 1 heterocycles. The van der Waals surface area contributed by atoms with E-state index in [-0.39, 0.29) is 5.54 Å². The van der Waals surface area contributed by atoms with Crippen molar-refractivity contribution in [3.8, 4) is 11.5 Å². The molecule has 0 spiro atoms. The van der Waals surface area contributed by atoms with Crippen LogP contribution in [-0.2, 0) is 4.74 Å². The fourth-order valence-corrected chi connectivity index (χ4v) is 2.71. The molecule has 0 saturated carbocycles. The number of rotatable bonds is 5. The second-order valence-corrected chi connectivity index (χ2v) is 5.80. The van der Waals surface area contributed by atoms with Gasteiger partial charge in [0.05, 0.1) is 33.5 Å². The van der Waals surface area contributed by atoms with Gasteiger partial charge >= 0.3 is 0 Å². The fourth-order valence-electron chi connectivity index (χ4n) is 2.71. The number of hydrogen-bond donors (Lipinski definition) is 1. The molecule has 2 rings (SSSR count). The summed E-state index contributed by atoms with van der Waals surface area (Å²) >= 11 is 0. The number of benzene rings is 1. The third-order valence-electron chi connectivity index (χ3n) is 4.18. The van der Waals surface area contributed by atoms with Crippen molar-refractivity contribution in [1.29, 1.82) is 0 Å². The number of aliphatic hydroxyl groups excluding tert-OH is 1. The van der Waals surface area contributed by atoms with Crippen LogP contribution in [0, 0.1) is 0 Å². The van der Waals surface area contributed by atoms with Gasteiger partial charge in [-0.25, -0.2) is 0 Å². The lowest BCUT2D eigenvalue weighted by Gasteiger charge is -2.43. The molecule has 1 aliphatic rings. The largest absolute Gasteiger partial charge is 0.497 e. The van der Waals surface area contributed by atoms with Gasteiger partial charge in [-0.05, 0) is 31.5 Å². The third-order valence-corrected chi connectivity index (χ3v) is 4.18. The molecule has 1 saturated heterocycles. The van der Waals surface area contributed by atoms with Gasteiger partial charge in [0.1, 0.15) is 11.5 Å². The lowest BCUT2D eigenvalue weighted by molar-refractivity contribution is -0.0631. The number of methoxy groups -OCH3 is 2. The maximum atomic E-state index is 10.8. The SMILES string of the molecule is COc1cc(OC)cc(C(O)C(C)(C)N2CCOCC2)c1. The van der Waals surface area contributed by atoms with Crippen LogP contribution in [0.15, 0.2) is 18.2 Å². The Labute approximate surface area is 126 Å². The van der Waals surface area contributed by atoms with Gasteiger partial charge in [0.25, 0.3) is 0 Å². The highest BCUT2D eigenvalue weighted by molar-refractivity contribution is 5.40.